The van der Waals surface area contributed by atoms with Crippen molar-refractivity contribution >= 4 is 11.8 Å². The lowest BCUT2D eigenvalue weighted by Crippen LogP contribution is -2.52. The third kappa shape index (κ3) is 3.70. The minimum atomic E-state index is -4.35. The molecule has 1 aliphatic carbocycles. The summed E-state index contributed by atoms with van der Waals surface area (Å²) in [6, 6.07) is 5.33. The van der Waals surface area contributed by atoms with Crippen LogP contribution in [0.3, 0.4) is 0 Å². The number of benzene rings is 1. The van der Waals surface area contributed by atoms with Crippen LogP contribution in [-0.2, 0) is 22.3 Å². The molecule has 1 aromatic rings. The zero-order chi connectivity index (χ0) is 18.9. The van der Waals surface area contributed by atoms with E-state index in [9.17, 15) is 22.8 Å². The molecule has 1 saturated heterocycles. The Labute approximate surface area is 150 Å². The number of piperazine rings is 1. The fourth-order valence-electron chi connectivity index (χ4n) is 3.42. The number of hydrogen-bond donors (Lipinski definition) is 1. The Bertz CT molecular complexity index is 693. The molecule has 1 N–H and O–H groups in total. The standard InChI is InChI=1S/C18H22F3N3O2/c1-22-15(25)17(5-6-17)16(26)24-9-7-23(8-10-24)12-13-3-2-4-14(11-13)18(19,20)21/h2-4,11H,5-10,12H2,1H3,(H,22,25). The van der Waals surface area contributed by atoms with Crippen LogP contribution in [0.2, 0.25) is 0 Å². The maximum absolute atomic E-state index is 12.8. The molecule has 2 aliphatic rings. The fraction of sp³-hybridized carbons (Fsp3) is 0.556. The summed E-state index contributed by atoms with van der Waals surface area (Å²) < 4.78 is 38.4. The Morgan fingerprint density at radius 1 is 1.15 bits per heavy atom. The van der Waals surface area contributed by atoms with Gasteiger partial charge >= 0.3 is 6.18 Å². The smallest absolute Gasteiger partial charge is 0.358 e. The minimum absolute atomic E-state index is 0.129. The van der Waals surface area contributed by atoms with Gasteiger partial charge in [-0.15, -0.1) is 0 Å². The zero-order valence-corrected chi connectivity index (χ0v) is 14.6. The Hall–Kier alpha value is -2.09. The lowest BCUT2D eigenvalue weighted by Gasteiger charge is -2.36. The summed E-state index contributed by atoms with van der Waals surface area (Å²) in [6.45, 7) is 2.53. The molecule has 0 aromatic heterocycles. The first kappa shape index (κ1) is 18.7. The van der Waals surface area contributed by atoms with Crippen LogP contribution in [0.5, 0.6) is 0 Å². The van der Waals surface area contributed by atoms with Crippen molar-refractivity contribution in [3.8, 4) is 0 Å². The maximum atomic E-state index is 12.8. The zero-order valence-electron chi connectivity index (χ0n) is 14.6. The number of alkyl halides is 3. The molecule has 8 heteroatoms. The average Bonchev–Trinajstić information content (AvgIpc) is 3.42. The van der Waals surface area contributed by atoms with Gasteiger partial charge in [0.2, 0.25) is 11.8 Å². The van der Waals surface area contributed by atoms with E-state index in [1.54, 1.807) is 11.0 Å². The molecule has 5 nitrogen and oxygen atoms in total. The number of carbonyl (C=O) groups is 2. The van der Waals surface area contributed by atoms with Crippen molar-refractivity contribution in [3.05, 3.63) is 35.4 Å². The topological polar surface area (TPSA) is 52.7 Å². The molecule has 0 bridgehead atoms. The maximum Gasteiger partial charge on any atom is 0.416 e. The second-order valence-corrected chi connectivity index (χ2v) is 6.93. The molecule has 142 valence electrons. The van der Waals surface area contributed by atoms with Gasteiger partial charge in [-0.25, -0.2) is 0 Å². The first-order valence-corrected chi connectivity index (χ1v) is 8.66. The van der Waals surface area contributed by atoms with E-state index in [1.807, 2.05) is 4.90 Å². The number of amides is 2. The quantitative estimate of drug-likeness (QED) is 0.825. The first-order valence-electron chi connectivity index (χ1n) is 8.66. The molecular formula is C18H22F3N3O2. The Morgan fingerprint density at radius 2 is 1.81 bits per heavy atom. The number of hydrogen-bond acceptors (Lipinski definition) is 3. The van der Waals surface area contributed by atoms with Gasteiger partial charge in [0.15, 0.2) is 0 Å². The minimum Gasteiger partial charge on any atom is -0.358 e. The summed E-state index contributed by atoms with van der Waals surface area (Å²) in [6.07, 6.45) is -3.19. The molecular weight excluding hydrogens is 347 g/mol. The number of nitrogens with zero attached hydrogens (tertiary/aromatic N) is 2. The molecule has 0 radical (unpaired) electrons. The van der Waals surface area contributed by atoms with Gasteiger partial charge in [0.25, 0.3) is 0 Å². The van der Waals surface area contributed by atoms with Crippen molar-refractivity contribution in [2.45, 2.75) is 25.6 Å². The summed E-state index contributed by atoms with van der Waals surface area (Å²) >= 11 is 0. The van der Waals surface area contributed by atoms with E-state index in [0.717, 1.165) is 6.07 Å². The molecule has 0 spiro atoms. The summed E-state index contributed by atoms with van der Waals surface area (Å²) in [7, 11) is 1.53. The average molecular weight is 369 g/mol. The van der Waals surface area contributed by atoms with Gasteiger partial charge in [0.05, 0.1) is 5.56 Å². The summed E-state index contributed by atoms with van der Waals surface area (Å²) in [4.78, 5) is 28.3. The van der Waals surface area contributed by atoms with E-state index in [0.29, 0.717) is 51.1 Å². The van der Waals surface area contributed by atoms with Crippen LogP contribution in [0.1, 0.15) is 24.0 Å². The van der Waals surface area contributed by atoms with E-state index in [4.69, 9.17) is 0 Å². The van der Waals surface area contributed by atoms with E-state index >= 15 is 0 Å². The molecule has 1 aromatic carbocycles. The molecule has 26 heavy (non-hydrogen) atoms. The van der Waals surface area contributed by atoms with Crippen LogP contribution in [-0.4, -0.2) is 54.8 Å². The Balaban J connectivity index is 1.56. The predicted octanol–water partition coefficient (Wildman–Crippen LogP) is 1.88. The summed E-state index contributed by atoms with van der Waals surface area (Å²) in [5, 5.41) is 2.56. The van der Waals surface area contributed by atoms with Gasteiger partial charge in [0, 0.05) is 39.8 Å². The molecule has 0 unspecified atom stereocenters. The molecule has 2 fully saturated rings. The third-order valence-corrected chi connectivity index (χ3v) is 5.14. The van der Waals surface area contributed by atoms with Gasteiger partial charge in [-0.2, -0.15) is 13.2 Å². The highest BCUT2D eigenvalue weighted by Crippen LogP contribution is 2.47. The van der Waals surface area contributed by atoms with Crippen LogP contribution in [0.15, 0.2) is 24.3 Å². The van der Waals surface area contributed by atoms with Gasteiger partial charge < -0.3 is 10.2 Å². The van der Waals surface area contributed by atoms with Crippen LogP contribution in [0.4, 0.5) is 13.2 Å². The largest absolute Gasteiger partial charge is 0.416 e. The van der Waals surface area contributed by atoms with Crippen LogP contribution >= 0.6 is 0 Å². The number of rotatable bonds is 4. The molecule has 3 rings (SSSR count). The fourth-order valence-corrected chi connectivity index (χ4v) is 3.42. The van der Waals surface area contributed by atoms with Crippen molar-refractivity contribution in [1.82, 2.24) is 15.1 Å². The van der Waals surface area contributed by atoms with Crippen LogP contribution in [0.25, 0.3) is 0 Å². The monoisotopic (exact) mass is 369 g/mol. The lowest BCUT2D eigenvalue weighted by atomic mass is 10.0. The number of carbonyl (C=O) groups excluding carboxylic acids is 2. The summed E-state index contributed by atoms with van der Waals surface area (Å²) in [5.41, 5.74) is -0.938. The normalized spacial score (nSPS) is 19.9. The van der Waals surface area contributed by atoms with Crippen molar-refractivity contribution in [2.24, 2.45) is 5.41 Å². The number of halogens is 3. The van der Waals surface area contributed by atoms with Crippen molar-refractivity contribution < 1.29 is 22.8 Å². The van der Waals surface area contributed by atoms with Crippen LogP contribution < -0.4 is 5.32 Å². The first-order chi connectivity index (χ1) is 12.3. The van der Waals surface area contributed by atoms with Crippen molar-refractivity contribution in [2.75, 3.05) is 33.2 Å². The highest BCUT2D eigenvalue weighted by atomic mass is 19.4. The Kier molecular flexibility index (Phi) is 4.96. The molecule has 1 aliphatic heterocycles. The third-order valence-electron chi connectivity index (χ3n) is 5.14. The number of nitrogens with one attached hydrogen (secondary N) is 1. The second-order valence-electron chi connectivity index (χ2n) is 6.93. The van der Waals surface area contributed by atoms with Gasteiger partial charge in [0.1, 0.15) is 5.41 Å². The van der Waals surface area contributed by atoms with Crippen molar-refractivity contribution in [3.63, 3.8) is 0 Å². The SMILES string of the molecule is CNC(=O)C1(C(=O)N2CCN(Cc3cccc(C(F)(F)F)c3)CC2)CC1. The van der Waals surface area contributed by atoms with E-state index in [2.05, 4.69) is 5.32 Å². The van der Waals surface area contributed by atoms with Crippen LogP contribution in [0, 0.1) is 5.41 Å². The second kappa shape index (κ2) is 6.90. The molecule has 0 atom stereocenters. The predicted molar refractivity (Wildman–Crippen MR) is 89.0 cm³/mol. The molecule has 2 amide bonds. The molecule has 1 heterocycles. The molecule has 1 saturated carbocycles. The summed E-state index contributed by atoms with van der Waals surface area (Å²) in [5.74, 6) is -0.357. The van der Waals surface area contributed by atoms with Gasteiger partial charge in [-0.3, -0.25) is 14.5 Å². The van der Waals surface area contributed by atoms with E-state index in [1.165, 1.54) is 19.2 Å². The van der Waals surface area contributed by atoms with E-state index in [-0.39, 0.29) is 11.8 Å². The van der Waals surface area contributed by atoms with E-state index < -0.39 is 17.2 Å². The Morgan fingerprint density at radius 3 is 2.35 bits per heavy atom. The van der Waals surface area contributed by atoms with Gasteiger partial charge in [-0.1, -0.05) is 18.2 Å². The van der Waals surface area contributed by atoms with Crippen molar-refractivity contribution in [1.29, 1.82) is 0 Å². The highest BCUT2D eigenvalue weighted by Gasteiger charge is 2.57. The highest BCUT2D eigenvalue weighted by molar-refractivity contribution is 6.07. The lowest BCUT2D eigenvalue weighted by molar-refractivity contribution is -0.145. The van der Waals surface area contributed by atoms with Gasteiger partial charge in [-0.05, 0) is 24.5 Å².